The summed E-state index contributed by atoms with van der Waals surface area (Å²) >= 11 is 5.62. The molecule has 0 aromatic carbocycles. The number of nitrogens with zero attached hydrogens (tertiary/aromatic N) is 1. The van der Waals surface area contributed by atoms with E-state index in [9.17, 15) is 0 Å². The molecule has 1 fully saturated rings. The van der Waals surface area contributed by atoms with Crippen LogP contribution in [0.4, 0.5) is 0 Å². The van der Waals surface area contributed by atoms with E-state index in [2.05, 4.69) is 5.16 Å². The third-order valence-electron chi connectivity index (χ3n) is 2.47. The standard InChI is InChI=1S/C9H12ClNO/c10-6-8-5-9(12-11-8)7-3-1-2-4-7/h5,7H,1-4,6H2. The molecule has 0 radical (unpaired) electrons. The Morgan fingerprint density at radius 2 is 2.25 bits per heavy atom. The van der Waals surface area contributed by atoms with Crippen molar-refractivity contribution >= 4 is 11.6 Å². The van der Waals surface area contributed by atoms with Gasteiger partial charge in [-0.2, -0.15) is 0 Å². The first-order chi connectivity index (χ1) is 5.90. The quantitative estimate of drug-likeness (QED) is 0.662. The molecule has 0 amide bonds. The number of rotatable bonds is 2. The molecule has 0 spiro atoms. The van der Waals surface area contributed by atoms with Gasteiger partial charge in [-0.25, -0.2) is 0 Å². The fourth-order valence-electron chi connectivity index (χ4n) is 1.79. The van der Waals surface area contributed by atoms with Crippen molar-refractivity contribution in [2.45, 2.75) is 37.5 Å². The van der Waals surface area contributed by atoms with Gasteiger partial charge in [-0.05, 0) is 12.8 Å². The number of hydrogen-bond acceptors (Lipinski definition) is 2. The van der Waals surface area contributed by atoms with E-state index < -0.39 is 0 Å². The summed E-state index contributed by atoms with van der Waals surface area (Å²) < 4.78 is 5.20. The van der Waals surface area contributed by atoms with E-state index >= 15 is 0 Å². The first-order valence-electron chi connectivity index (χ1n) is 4.41. The van der Waals surface area contributed by atoms with E-state index in [0.29, 0.717) is 11.8 Å². The summed E-state index contributed by atoms with van der Waals surface area (Å²) in [6.07, 6.45) is 5.14. The van der Waals surface area contributed by atoms with Crippen molar-refractivity contribution in [3.05, 3.63) is 17.5 Å². The lowest BCUT2D eigenvalue weighted by Crippen LogP contribution is -1.87. The van der Waals surface area contributed by atoms with Crippen LogP contribution in [0.25, 0.3) is 0 Å². The molecular weight excluding hydrogens is 174 g/mol. The Hall–Kier alpha value is -0.500. The molecule has 12 heavy (non-hydrogen) atoms. The van der Waals surface area contributed by atoms with E-state index in [-0.39, 0.29) is 0 Å². The van der Waals surface area contributed by atoms with Crippen molar-refractivity contribution < 1.29 is 4.52 Å². The van der Waals surface area contributed by atoms with Gasteiger partial charge in [-0.15, -0.1) is 11.6 Å². The maximum atomic E-state index is 5.62. The summed E-state index contributed by atoms with van der Waals surface area (Å²) in [7, 11) is 0. The molecule has 0 unspecified atom stereocenters. The van der Waals surface area contributed by atoms with Crippen LogP contribution in [0.3, 0.4) is 0 Å². The minimum absolute atomic E-state index is 0.455. The Morgan fingerprint density at radius 1 is 1.50 bits per heavy atom. The van der Waals surface area contributed by atoms with Gasteiger partial charge >= 0.3 is 0 Å². The van der Waals surface area contributed by atoms with E-state index in [1.807, 2.05) is 6.07 Å². The molecule has 1 aliphatic rings. The fraction of sp³-hybridized carbons (Fsp3) is 0.667. The van der Waals surface area contributed by atoms with Crippen molar-refractivity contribution in [2.75, 3.05) is 0 Å². The minimum Gasteiger partial charge on any atom is -0.361 e. The zero-order chi connectivity index (χ0) is 8.39. The molecule has 1 saturated carbocycles. The third kappa shape index (κ3) is 1.48. The van der Waals surface area contributed by atoms with Crippen LogP contribution in [0.5, 0.6) is 0 Å². The first kappa shape index (κ1) is 8.11. The summed E-state index contributed by atoms with van der Waals surface area (Å²) in [5.74, 6) is 2.09. The highest BCUT2D eigenvalue weighted by Gasteiger charge is 2.20. The lowest BCUT2D eigenvalue weighted by atomic mass is 10.1. The predicted octanol–water partition coefficient (Wildman–Crippen LogP) is 3.07. The van der Waals surface area contributed by atoms with Gasteiger partial charge < -0.3 is 4.52 Å². The van der Waals surface area contributed by atoms with E-state index in [1.165, 1.54) is 25.7 Å². The van der Waals surface area contributed by atoms with Gasteiger partial charge in [0.05, 0.1) is 11.6 Å². The Morgan fingerprint density at radius 3 is 2.83 bits per heavy atom. The van der Waals surface area contributed by atoms with Crippen molar-refractivity contribution in [3.8, 4) is 0 Å². The molecule has 0 atom stereocenters. The van der Waals surface area contributed by atoms with Gasteiger partial charge in [0.15, 0.2) is 0 Å². The van der Waals surface area contributed by atoms with Crippen molar-refractivity contribution in [1.82, 2.24) is 5.16 Å². The van der Waals surface area contributed by atoms with Gasteiger partial charge in [0.25, 0.3) is 0 Å². The number of halogens is 1. The summed E-state index contributed by atoms with van der Waals surface area (Å²) in [6, 6.07) is 1.99. The topological polar surface area (TPSA) is 26.0 Å². The zero-order valence-corrected chi connectivity index (χ0v) is 7.68. The van der Waals surface area contributed by atoms with Gasteiger partial charge in [0.1, 0.15) is 5.76 Å². The zero-order valence-electron chi connectivity index (χ0n) is 6.92. The van der Waals surface area contributed by atoms with Crippen LogP contribution in [0.15, 0.2) is 10.6 Å². The monoisotopic (exact) mass is 185 g/mol. The molecule has 2 nitrogen and oxygen atoms in total. The molecule has 0 saturated heterocycles. The van der Waals surface area contributed by atoms with Crippen LogP contribution in [0, 0.1) is 0 Å². The smallest absolute Gasteiger partial charge is 0.140 e. The molecular formula is C9H12ClNO. The molecule has 0 aliphatic heterocycles. The summed E-state index contributed by atoms with van der Waals surface area (Å²) in [6.45, 7) is 0. The molecule has 0 N–H and O–H groups in total. The summed E-state index contributed by atoms with van der Waals surface area (Å²) in [4.78, 5) is 0. The molecule has 1 aromatic heterocycles. The molecule has 1 heterocycles. The maximum absolute atomic E-state index is 5.62. The lowest BCUT2D eigenvalue weighted by Gasteiger charge is -2.00. The second kappa shape index (κ2) is 3.48. The molecule has 0 bridgehead atoms. The molecule has 1 aromatic rings. The first-order valence-corrected chi connectivity index (χ1v) is 4.95. The Bertz CT molecular complexity index is 253. The van der Waals surface area contributed by atoms with Gasteiger partial charge in [0, 0.05) is 12.0 Å². The largest absolute Gasteiger partial charge is 0.361 e. The van der Waals surface area contributed by atoms with Gasteiger partial charge in [-0.1, -0.05) is 18.0 Å². The highest BCUT2D eigenvalue weighted by atomic mass is 35.5. The van der Waals surface area contributed by atoms with Gasteiger partial charge in [0.2, 0.25) is 0 Å². The molecule has 2 rings (SSSR count). The summed E-state index contributed by atoms with van der Waals surface area (Å²) in [5, 5.41) is 3.87. The second-order valence-corrected chi connectivity index (χ2v) is 3.60. The fourth-order valence-corrected chi connectivity index (χ4v) is 1.92. The van der Waals surface area contributed by atoms with Crippen LogP contribution in [-0.4, -0.2) is 5.16 Å². The van der Waals surface area contributed by atoms with Crippen LogP contribution in [0.1, 0.15) is 43.1 Å². The Kier molecular flexibility index (Phi) is 2.35. The lowest BCUT2D eigenvalue weighted by molar-refractivity contribution is 0.357. The normalized spacial score (nSPS) is 18.8. The average molecular weight is 186 g/mol. The van der Waals surface area contributed by atoms with E-state index in [4.69, 9.17) is 16.1 Å². The van der Waals surface area contributed by atoms with Crippen LogP contribution in [0.2, 0.25) is 0 Å². The Balaban J connectivity index is 2.11. The number of aromatic nitrogens is 1. The number of alkyl halides is 1. The van der Waals surface area contributed by atoms with E-state index in [1.54, 1.807) is 0 Å². The van der Waals surface area contributed by atoms with E-state index in [0.717, 1.165) is 11.5 Å². The summed E-state index contributed by atoms with van der Waals surface area (Å²) in [5.41, 5.74) is 0.860. The predicted molar refractivity (Wildman–Crippen MR) is 47.3 cm³/mol. The average Bonchev–Trinajstić information content (AvgIpc) is 2.75. The Labute approximate surface area is 76.9 Å². The van der Waals surface area contributed by atoms with Crippen molar-refractivity contribution in [2.24, 2.45) is 0 Å². The second-order valence-electron chi connectivity index (χ2n) is 3.34. The van der Waals surface area contributed by atoms with Crippen molar-refractivity contribution in [3.63, 3.8) is 0 Å². The maximum Gasteiger partial charge on any atom is 0.140 e. The highest BCUT2D eigenvalue weighted by Crippen LogP contribution is 2.34. The molecule has 3 heteroatoms. The SMILES string of the molecule is ClCc1cc(C2CCCC2)on1. The van der Waals surface area contributed by atoms with Crippen LogP contribution in [-0.2, 0) is 5.88 Å². The number of hydrogen-bond donors (Lipinski definition) is 0. The van der Waals surface area contributed by atoms with Crippen LogP contribution < -0.4 is 0 Å². The minimum atomic E-state index is 0.455. The molecule has 66 valence electrons. The molecule has 1 aliphatic carbocycles. The van der Waals surface area contributed by atoms with Gasteiger partial charge in [-0.3, -0.25) is 0 Å². The highest BCUT2D eigenvalue weighted by molar-refractivity contribution is 6.16. The third-order valence-corrected chi connectivity index (χ3v) is 2.75. The van der Waals surface area contributed by atoms with Crippen LogP contribution >= 0.6 is 11.6 Å². The van der Waals surface area contributed by atoms with Crippen molar-refractivity contribution in [1.29, 1.82) is 0 Å².